The molecule has 6 heteroatoms. The van der Waals surface area contributed by atoms with Crippen molar-refractivity contribution >= 4 is 17.5 Å². The Morgan fingerprint density at radius 1 is 1.00 bits per heavy atom. The zero-order chi connectivity index (χ0) is 19.9. The SMILES string of the molecule is Cc1ccc(CNC(=O)c2cc(C(=O)Nc3ccc(C#N)cc3)ccn2)cc1. The summed E-state index contributed by atoms with van der Waals surface area (Å²) in [5.74, 6) is -0.715. The van der Waals surface area contributed by atoms with Crippen LogP contribution in [0.3, 0.4) is 0 Å². The van der Waals surface area contributed by atoms with Gasteiger partial charge in [-0.05, 0) is 48.9 Å². The molecule has 3 aromatic rings. The van der Waals surface area contributed by atoms with Crippen molar-refractivity contribution in [2.24, 2.45) is 0 Å². The average Bonchev–Trinajstić information content (AvgIpc) is 2.73. The molecule has 2 amide bonds. The van der Waals surface area contributed by atoms with Crippen LogP contribution in [-0.2, 0) is 6.54 Å². The van der Waals surface area contributed by atoms with E-state index in [9.17, 15) is 9.59 Å². The summed E-state index contributed by atoms with van der Waals surface area (Å²) < 4.78 is 0. The van der Waals surface area contributed by atoms with Gasteiger partial charge in [0.2, 0.25) is 0 Å². The molecule has 28 heavy (non-hydrogen) atoms. The number of carbonyl (C=O) groups is 2. The molecule has 0 atom stereocenters. The van der Waals surface area contributed by atoms with E-state index in [1.807, 2.05) is 37.3 Å². The lowest BCUT2D eigenvalue weighted by atomic mass is 10.1. The fraction of sp³-hybridized carbons (Fsp3) is 0.0909. The van der Waals surface area contributed by atoms with Gasteiger partial charge in [0, 0.05) is 24.0 Å². The van der Waals surface area contributed by atoms with Gasteiger partial charge in [0.1, 0.15) is 5.69 Å². The quantitative estimate of drug-likeness (QED) is 0.719. The zero-order valence-electron chi connectivity index (χ0n) is 15.3. The minimum absolute atomic E-state index is 0.166. The molecule has 138 valence electrons. The molecule has 0 saturated carbocycles. The number of amides is 2. The number of nitriles is 1. The predicted molar refractivity (Wildman–Crippen MR) is 106 cm³/mol. The number of anilines is 1. The van der Waals surface area contributed by atoms with Crippen LogP contribution in [0.25, 0.3) is 0 Å². The van der Waals surface area contributed by atoms with Crippen LogP contribution >= 0.6 is 0 Å². The number of benzene rings is 2. The largest absolute Gasteiger partial charge is 0.347 e. The first-order chi connectivity index (χ1) is 13.5. The molecule has 2 N–H and O–H groups in total. The molecule has 3 rings (SSSR count). The molecule has 2 aromatic carbocycles. The molecule has 0 fully saturated rings. The van der Waals surface area contributed by atoms with Crippen molar-refractivity contribution in [3.63, 3.8) is 0 Å². The Kier molecular flexibility index (Phi) is 5.78. The van der Waals surface area contributed by atoms with Gasteiger partial charge in [-0.2, -0.15) is 5.26 Å². The number of pyridine rings is 1. The van der Waals surface area contributed by atoms with Gasteiger partial charge in [-0.1, -0.05) is 29.8 Å². The van der Waals surface area contributed by atoms with Gasteiger partial charge in [0.25, 0.3) is 11.8 Å². The van der Waals surface area contributed by atoms with Crippen molar-refractivity contribution in [2.75, 3.05) is 5.32 Å². The fourth-order valence-corrected chi connectivity index (χ4v) is 2.51. The first-order valence-corrected chi connectivity index (χ1v) is 8.66. The van der Waals surface area contributed by atoms with Crippen molar-refractivity contribution in [2.45, 2.75) is 13.5 Å². The lowest BCUT2D eigenvalue weighted by molar-refractivity contribution is 0.0946. The number of nitrogens with zero attached hydrogens (tertiary/aromatic N) is 2. The summed E-state index contributed by atoms with van der Waals surface area (Å²) in [6.07, 6.45) is 1.43. The molecule has 0 bridgehead atoms. The monoisotopic (exact) mass is 370 g/mol. The van der Waals surface area contributed by atoms with Crippen LogP contribution in [0, 0.1) is 18.3 Å². The Labute approximate surface area is 162 Å². The molecular formula is C22H18N4O2. The molecule has 0 aliphatic heterocycles. The standard InChI is InChI=1S/C22H18N4O2/c1-15-2-4-17(5-3-15)14-25-22(28)20-12-18(10-11-24-20)21(27)26-19-8-6-16(13-23)7-9-19/h2-12H,14H2,1H3,(H,25,28)(H,26,27). The maximum Gasteiger partial charge on any atom is 0.270 e. The average molecular weight is 370 g/mol. The molecule has 1 heterocycles. The van der Waals surface area contributed by atoms with E-state index < -0.39 is 0 Å². The molecule has 6 nitrogen and oxygen atoms in total. The first kappa shape index (κ1) is 18.8. The number of nitrogens with one attached hydrogen (secondary N) is 2. The van der Waals surface area contributed by atoms with E-state index in [0.29, 0.717) is 23.4 Å². The summed E-state index contributed by atoms with van der Waals surface area (Å²) in [7, 11) is 0. The molecule has 0 spiro atoms. The number of hydrogen-bond acceptors (Lipinski definition) is 4. The van der Waals surface area contributed by atoms with Gasteiger partial charge in [-0.15, -0.1) is 0 Å². The number of carbonyl (C=O) groups excluding carboxylic acids is 2. The zero-order valence-corrected chi connectivity index (χ0v) is 15.3. The van der Waals surface area contributed by atoms with E-state index in [-0.39, 0.29) is 17.5 Å². The predicted octanol–water partition coefficient (Wildman–Crippen LogP) is 3.44. The maximum atomic E-state index is 12.4. The van der Waals surface area contributed by atoms with Gasteiger partial charge >= 0.3 is 0 Å². The summed E-state index contributed by atoms with van der Waals surface area (Å²) >= 11 is 0. The highest BCUT2D eigenvalue weighted by Gasteiger charge is 2.12. The highest BCUT2D eigenvalue weighted by molar-refractivity contribution is 6.05. The van der Waals surface area contributed by atoms with Crippen LogP contribution in [-0.4, -0.2) is 16.8 Å². The lowest BCUT2D eigenvalue weighted by Crippen LogP contribution is -2.24. The van der Waals surface area contributed by atoms with E-state index in [4.69, 9.17) is 5.26 Å². The molecule has 1 aromatic heterocycles. The van der Waals surface area contributed by atoms with Crippen LogP contribution in [0.1, 0.15) is 37.5 Å². The van der Waals surface area contributed by atoms with Crippen LogP contribution in [0.2, 0.25) is 0 Å². The normalized spacial score (nSPS) is 10.0. The lowest BCUT2D eigenvalue weighted by Gasteiger charge is -2.08. The van der Waals surface area contributed by atoms with E-state index in [2.05, 4.69) is 15.6 Å². The minimum atomic E-state index is -0.361. The van der Waals surface area contributed by atoms with Crippen molar-refractivity contribution in [3.05, 3.63) is 94.8 Å². The molecule has 0 saturated heterocycles. The summed E-state index contributed by atoms with van der Waals surface area (Å²) in [5.41, 5.74) is 3.69. The van der Waals surface area contributed by atoms with E-state index >= 15 is 0 Å². The highest BCUT2D eigenvalue weighted by Crippen LogP contribution is 2.11. The fourth-order valence-electron chi connectivity index (χ4n) is 2.51. The Bertz CT molecular complexity index is 1040. The summed E-state index contributed by atoms with van der Waals surface area (Å²) in [6, 6.07) is 19.4. The Hall–Kier alpha value is -3.98. The smallest absolute Gasteiger partial charge is 0.270 e. The van der Waals surface area contributed by atoms with E-state index in [0.717, 1.165) is 11.1 Å². The van der Waals surface area contributed by atoms with Gasteiger partial charge in [0.05, 0.1) is 11.6 Å². The first-order valence-electron chi connectivity index (χ1n) is 8.66. The van der Waals surface area contributed by atoms with E-state index in [1.54, 1.807) is 24.3 Å². The van der Waals surface area contributed by atoms with Gasteiger partial charge in [-0.25, -0.2) is 0 Å². The topological polar surface area (TPSA) is 94.9 Å². The number of rotatable bonds is 5. The Morgan fingerprint density at radius 3 is 2.39 bits per heavy atom. The third kappa shape index (κ3) is 4.80. The van der Waals surface area contributed by atoms with Gasteiger partial charge < -0.3 is 10.6 Å². The number of hydrogen-bond donors (Lipinski definition) is 2. The molecule has 0 aliphatic carbocycles. The summed E-state index contributed by atoms with van der Waals surface area (Å²) in [4.78, 5) is 28.8. The summed E-state index contributed by atoms with van der Waals surface area (Å²) in [6.45, 7) is 2.38. The van der Waals surface area contributed by atoms with Gasteiger partial charge in [0.15, 0.2) is 0 Å². The molecule has 0 unspecified atom stereocenters. The van der Waals surface area contributed by atoms with Crippen molar-refractivity contribution in [1.82, 2.24) is 10.3 Å². The molecule has 0 radical (unpaired) electrons. The Morgan fingerprint density at radius 2 is 1.71 bits per heavy atom. The highest BCUT2D eigenvalue weighted by atomic mass is 16.2. The second-order valence-electron chi connectivity index (χ2n) is 6.24. The third-order valence-corrected chi connectivity index (χ3v) is 4.10. The molecular weight excluding hydrogens is 352 g/mol. The van der Waals surface area contributed by atoms with Crippen molar-refractivity contribution < 1.29 is 9.59 Å². The van der Waals surface area contributed by atoms with Crippen LogP contribution in [0.15, 0.2) is 66.9 Å². The van der Waals surface area contributed by atoms with Crippen LogP contribution < -0.4 is 10.6 Å². The second kappa shape index (κ2) is 8.60. The summed E-state index contributed by atoms with van der Waals surface area (Å²) in [5, 5.41) is 14.3. The number of aromatic nitrogens is 1. The van der Waals surface area contributed by atoms with Gasteiger partial charge in [-0.3, -0.25) is 14.6 Å². The third-order valence-electron chi connectivity index (χ3n) is 4.10. The Balaban J connectivity index is 1.65. The van der Waals surface area contributed by atoms with E-state index in [1.165, 1.54) is 18.3 Å². The minimum Gasteiger partial charge on any atom is -0.347 e. The van der Waals surface area contributed by atoms with Crippen molar-refractivity contribution in [1.29, 1.82) is 5.26 Å². The molecule has 0 aliphatic rings. The van der Waals surface area contributed by atoms with Crippen LogP contribution in [0.5, 0.6) is 0 Å². The second-order valence-corrected chi connectivity index (χ2v) is 6.24. The van der Waals surface area contributed by atoms with Crippen LogP contribution in [0.4, 0.5) is 5.69 Å². The number of aryl methyl sites for hydroxylation is 1. The van der Waals surface area contributed by atoms with Crippen molar-refractivity contribution in [3.8, 4) is 6.07 Å². The maximum absolute atomic E-state index is 12.4.